The lowest BCUT2D eigenvalue weighted by molar-refractivity contribution is 0.403. The molecule has 1 heterocycles. The summed E-state index contributed by atoms with van der Waals surface area (Å²) in [4.78, 5) is 0.468. The third-order valence-corrected chi connectivity index (χ3v) is 4.31. The summed E-state index contributed by atoms with van der Waals surface area (Å²) in [6.07, 6.45) is 1.59. The molecule has 1 aliphatic rings. The average molecular weight is 225 g/mol. The molecule has 4 nitrogen and oxygen atoms in total. The topological polar surface area (TPSA) is 69.4 Å². The molecule has 1 aliphatic heterocycles. The van der Waals surface area contributed by atoms with E-state index >= 15 is 0 Å². The van der Waals surface area contributed by atoms with Crippen LogP contribution in [0.4, 0.5) is 0 Å². The summed E-state index contributed by atoms with van der Waals surface area (Å²) in [6.45, 7) is 0.0141. The first-order chi connectivity index (χ1) is 7.11. The fourth-order valence-corrected chi connectivity index (χ4v) is 3.26. The van der Waals surface area contributed by atoms with E-state index in [1.807, 2.05) is 0 Å². The van der Waals surface area contributed by atoms with Crippen LogP contribution < -0.4 is 10.5 Å². The van der Waals surface area contributed by atoms with Crippen molar-refractivity contribution in [1.82, 2.24) is 0 Å². The van der Waals surface area contributed by atoms with E-state index in [4.69, 9.17) is 10.5 Å². The first-order valence-electron chi connectivity index (χ1n) is 4.44. The molecule has 1 aromatic rings. The molecule has 0 spiro atoms. The van der Waals surface area contributed by atoms with Gasteiger partial charge in [-0.15, -0.1) is 0 Å². The Hall–Kier alpha value is -1.33. The lowest BCUT2D eigenvalue weighted by atomic mass is 10.2. The predicted molar refractivity (Wildman–Crippen MR) is 57.2 cm³/mol. The predicted octanol–water partition coefficient (Wildman–Crippen LogP) is 0.782. The molecule has 0 amide bonds. The Bertz CT molecular complexity index is 532. The molecule has 0 fully saturated rings. The summed E-state index contributed by atoms with van der Waals surface area (Å²) in [5.41, 5.74) is 6.04. The number of sulfone groups is 1. The van der Waals surface area contributed by atoms with Crippen molar-refractivity contribution in [3.8, 4) is 5.75 Å². The fraction of sp³-hybridized carbons (Fsp3) is 0.200. The average Bonchev–Trinajstić information content (AvgIpc) is 2.50. The molecule has 0 aromatic heterocycles. The largest absolute Gasteiger partial charge is 0.495 e. The quantitative estimate of drug-likeness (QED) is 0.807. The van der Waals surface area contributed by atoms with E-state index in [1.165, 1.54) is 7.11 Å². The van der Waals surface area contributed by atoms with Crippen LogP contribution in [0.25, 0.3) is 6.08 Å². The van der Waals surface area contributed by atoms with Crippen LogP contribution in [0, 0.1) is 0 Å². The maximum atomic E-state index is 12.0. The molecule has 0 unspecified atom stereocenters. The number of nitrogens with two attached hydrogens (primary N) is 1. The minimum Gasteiger partial charge on any atom is -0.495 e. The molecule has 1 aromatic carbocycles. The highest BCUT2D eigenvalue weighted by Crippen LogP contribution is 2.38. The van der Waals surface area contributed by atoms with Gasteiger partial charge in [0.15, 0.2) is 0 Å². The minimum absolute atomic E-state index is 0.0141. The van der Waals surface area contributed by atoms with Crippen molar-refractivity contribution in [1.29, 1.82) is 0 Å². The summed E-state index contributed by atoms with van der Waals surface area (Å²) in [5, 5.41) is 0. The molecule has 0 radical (unpaired) electrons. The third kappa shape index (κ3) is 1.35. The zero-order valence-corrected chi connectivity index (χ0v) is 9.04. The first kappa shape index (κ1) is 10.2. The molecular formula is C10H11NO3S. The maximum Gasteiger partial charge on any atom is 0.208 e. The second-order valence-corrected chi connectivity index (χ2v) is 5.14. The number of rotatable bonds is 2. The number of benzene rings is 1. The van der Waals surface area contributed by atoms with E-state index in [0.717, 1.165) is 0 Å². The zero-order chi connectivity index (χ0) is 11.1. The van der Waals surface area contributed by atoms with Crippen molar-refractivity contribution in [3.63, 3.8) is 0 Å². The van der Waals surface area contributed by atoms with Gasteiger partial charge in [-0.25, -0.2) is 8.42 Å². The Morgan fingerprint density at radius 2 is 2.13 bits per heavy atom. The summed E-state index contributed by atoms with van der Waals surface area (Å²) >= 11 is 0. The van der Waals surface area contributed by atoms with Gasteiger partial charge in [0.05, 0.1) is 12.0 Å². The molecule has 0 aliphatic carbocycles. The van der Waals surface area contributed by atoms with Gasteiger partial charge in [0, 0.05) is 6.54 Å². The van der Waals surface area contributed by atoms with Crippen LogP contribution in [0.1, 0.15) is 5.56 Å². The Balaban J connectivity index is 2.73. The van der Waals surface area contributed by atoms with E-state index in [-0.39, 0.29) is 16.3 Å². The van der Waals surface area contributed by atoms with Crippen LogP contribution in [-0.2, 0) is 9.84 Å². The lowest BCUT2D eigenvalue weighted by Gasteiger charge is -2.06. The highest BCUT2D eigenvalue weighted by molar-refractivity contribution is 7.96. The van der Waals surface area contributed by atoms with Crippen molar-refractivity contribution in [3.05, 3.63) is 28.7 Å². The van der Waals surface area contributed by atoms with E-state index in [1.54, 1.807) is 24.3 Å². The van der Waals surface area contributed by atoms with Crippen LogP contribution in [0.2, 0.25) is 0 Å². The van der Waals surface area contributed by atoms with Crippen LogP contribution in [0.3, 0.4) is 0 Å². The van der Waals surface area contributed by atoms with E-state index in [2.05, 4.69) is 0 Å². The Morgan fingerprint density at radius 1 is 1.40 bits per heavy atom. The van der Waals surface area contributed by atoms with Gasteiger partial charge in [-0.1, -0.05) is 12.1 Å². The van der Waals surface area contributed by atoms with Gasteiger partial charge in [-0.05, 0) is 17.7 Å². The maximum absolute atomic E-state index is 12.0. The Morgan fingerprint density at radius 3 is 2.73 bits per heavy atom. The van der Waals surface area contributed by atoms with E-state index in [0.29, 0.717) is 11.3 Å². The van der Waals surface area contributed by atoms with Gasteiger partial charge in [0.25, 0.3) is 0 Å². The van der Waals surface area contributed by atoms with Crippen molar-refractivity contribution in [2.75, 3.05) is 13.7 Å². The SMILES string of the molecule is COc1cccc2c1S(=O)(=O)C(CN)=C2. The minimum atomic E-state index is -3.43. The lowest BCUT2D eigenvalue weighted by Crippen LogP contribution is -2.11. The summed E-state index contributed by atoms with van der Waals surface area (Å²) in [7, 11) is -1.98. The number of hydrogen-bond acceptors (Lipinski definition) is 4. The molecular weight excluding hydrogens is 214 g/mol. The van der Waals surface area contributed by atoms with Gasteiger partial charge < -0.3 is 10.5 Å². The number of fused-ring (bicyclic) bond motifs is 1. The van der Waals surface area contributed by atoms with Gasteiger partial charge in [-0.3, -0.25) is 0 Å². The van der Waals surface area contributed by atoms with Gasteiger partial charge in [-0.2, -0.15) is 0 Å². The first-order valence-corrected chi connectivity index (χ1v) is 5.92. The standard InChI is InChI=1S/C10H11NO3S/c1-14-9-4-2-3-7-5-8(6-11)15(12,13)10(7)9/h2-5H,6,11H2,1H3. The molecule has 5 heteroatoms. The van der Waals surface area contributed by atoms with E-state index in [9.17, 15) is 8.42 Å². The molecule has 0 saturated carbocycles. The monoisotopic (exact) mass is 225 g/mol. The van der Waals surface area contributed by atoms with Gasteiger partial charge in [0.2, 0.25) is 9.84 Å². The number of hydrogen-bond donors (Lipinski definition) is 1. The second-order valence-electron chi connectivity index (χ2n) is 3.20. The van der Waals surface area contributed by atoms with E-state index < -0.39 is 9.84 Å². The molecule has 15 heavy (non-hydrogen) atoms. The zero-order valence-electron chi connectivity index (χ0n) is 8.23. The summed E-state index contributed by atoms with van der Waals surface area (Å²) in [5.74, 6) is 0.368. The number of methoxy groups -OCH3 is 1. The van der Waals surface area contributed by atoms with Crippen LogP contribution in [-0.4, -0.2) is 22.1 Å². The van der Waals surface area contributed by atoms with Crippen LogP contribution in [0.5, 0.6) is 5.75 Å². The van der Waals surface area contributed by atoms with Crippen molar-refractivity contribution in [2.24, 2.45) is 5.73 Å². The third-order valence-electron chi connectivity index (χ3n) is 2.36. The molecule has 80 valence electrons. The van der Waals surface area contributed by atoms with Gasteiger partial charge in [0.1, 0.15) is 10.6 Å². The summed E-state index contributed by atoms with van der Waals surface area (Å²) < 4.78 is 29.0. The summed E-state index contributed by atoms with van der Waals surface area (Å²) in [6, 6.07) is 5.12. The highest BCUT2D eigenvalue weighted by Gasteiger charge is 2.31. The molecule has 0 bridgehead atoms. The Labute approximate surface area is 88.3 Å². The van der Waals surface area contributed by atoms with Crippen LogP contribution in [0.15, 0.2) is 28.0 Å². The smallest absolute Gasteiger partial charge is 0.208 e. The second kappa shape index (κ2) is 3.36. The molecule has 0 atom stereocenters. The molecule has 2 rings (SSSR count). The van der Waals surface area contributed by atoms with Gasteiger partial charge >= 0.3 is 0 Å². The highest BCUT2D eigenvalue weighted by atomic mass is 32.2. The number of ether oxygens (including phenoxy) is 1. The molecule has 0 saturated heterocycles. The van der Waals surface area contributed by atoms with Crippen LogP contribution >= 0.6 is 0 Å². The van der Waals surface area contributed by atoms with Crippen molar-refractivity contribution >= 4 is 15.9 Å². The Kier molecular flexibility index (Phi) is 2.28. The normalized spacial score (nSPS) is 17.1. The van der Waals surface area contributed by atoms with Crippen molar-refractivity contribution < 1.29 is 13.2 Å². The molecule has 2 N–H and O–H groups in total. The van der Waals surface area contributed by atoms with Crippen molar-refractivity contribution in [2.45, 2.75) is 4.90 Å². The fourth-order valence-electron chi connectivity index (χ4n) is 1.65.